The number of carbonyl (C=O) groups is 1. The van der Waals surface area contributed by atoms with Crippen molar-refractivity contribution >= 4 is 30.7 Å². The average Bonchev–Trinajstić information content (AvgIpc) is 2.46. The van der Waals surface area contributed by atoms with Crippen LogP contribution in [0, 0.1) is 0 Å². The average molecular weight is 328 g/mol. The van der Waals surface area contributed by atoms with Crippen LogP contribution in [0.2, 0.25) is 0 Å². The van der Waals surface area contributed by atoms with E-state index in [2.05, 4.69) is 22.5 Å². The normalized spacial score (nSPS) is 27.1. The van der Waals surface area contributed by atoms with Crippen molar-refractivity contribution in [3.05, 3.63) is 0 Å². The number of amides is 1. The van der Waals surface area contributed by atoms with E-state index in [-0.39, 0.29) is 36.8 Å². The zero-order valence-electron chi connectivity index (χ0n) is 12.1. The van der Waals surface area contributed by atoms with Crippen LogP contribution in [0.4, 0.5) is 0 Å². The fourth-order valence-corrected chi connectivity index (χ4v) is 2.78. The number of ether oxygens (including phenoxy) is 1. The largest absolute Gasteiger partial charge is 0.378 e. The molecule has 2 saturated heterocycles. The van der Waals surface area contributed by atoms with E-state index in [0.717, 1.165) is 19.6 Å². The van der Waals surface area contributed by atoms with Crippen molar-refractivity contribution in [1.82, 2.24) is 15.5 Å². The van der Waals surface area contributed by atoms with Gasteiger partial charge in [0.1, 0.15) is 6.04 Å². The summed E-state index contributed by atoms with van der Waals surface area (Å²) in [6, 6.07) is 0.342. The molecule has 2 heterocycles. The fourth-order valence-electron chi connectivity index (χ4n) is 2.78. The van der Waals surface area contributed by atoms with Gasteiger partial charge >= 0.3 is 0 Å². The molecule has 0 aromatic carbocycles. The summed E-state index contributed by atoms with van der Waals surface area (Å²) in [6.07, 6.45) is 3.76. The van der Waals surface area contributed by atoms with Gasteiger partial charge in [-0.05, 0) is 25.9 Å². The Morgan fingerprint density at radius 2 is 2.20 bits per heavy atom. The minimum atomic E-state index is -0.169. The summed E-state index contributed by atoms with van der Waals surface area (Å²) in [5.41, 5.74) is 0. The summed E-state index contributed by atoms with van der Waals surface area (Å²) in [6.45, 7) is 7.17. The molecule has 2 rings (SSSR count). The summed E-state index contributed by atoms with van der Waals surface area (Å²) in [7, 11) is 0. The van der Waals surface area contributed by atoms with Gasteiger partial charge in [0.2, 0.25) is 5.91 Å². The van der Waals surface area contributed by atoms with E-state index in [1.165, 1.54) is 25.8 Å². The summed E-state index contributed by atoms with van der Waals surface area (Å²) >= 11 is 0. The number of nitrogens with zero attached hydrogens (tertiary/aromatic N) is 1. The molecule has 1 amide bonds. The third kappa shape index (κ3) is 5.74. The predicted molar refractivity (Wildman–Crippen MR) is 85.0 cm³/mol. The smallest absolute Gasteiger partial charge is 0.239 e. The van der Waals surface area contributed by atoms with E-state index in [1.54, 1.807) is 0 Å². The van der Waals surface area contributed by atoms with Crippen LogP contribution in [-0.2, 0) is 9.53 Å². The highest BCUT2D eigenvalue weighted by molar-refractivity contribution is 5.85. The zero-order chi connectivity index (χ0) is 12.8. The molecule has 2 atom stereocenters. The van der Waals surface area contributed by atoms with E-state index in [0.29, 0.717) is 19.3 Å². The number of hydrogen-bond acceptors (Lipinski definition) is 4. The van der Waals surface area contributed by atoms with Gasteiger partial charge in [-0.2, -0.15) is 0 Å². The lowest BCUT2D eigenvalue weighted by molar-refractivity contribution is -0.126. The van der Waals surface area contributed by atoms with Crippen LogP contribution < -0.4 is 10.6 Å². The lowest BCUT2D eigenvalue weighted by Crippen LogP contribution is -2.54. The number of likely N-dealkylation sites (tertiary alicyclic amines) is 1. The number of morpholine rings is 1. The number of nitrogens with one attached hydrogen (secondary N) is 2. The van der Waals surface area contributed by atoms with Gasteiger partial charge in [0, 0.05) is 19.1 Å². The van der Waals surface area contributed by atoms with Crippen molar-refractivity contribution in [2.24, 2.45) is 0 Å². The molecular formula is C13H27Cl2N3O2. The second-order valence-corrected chi connectivity index (χ2v) is 5.10. The van der Waals surface area contributed by atoms with Gasteiger partial charge in [0.05, 0.1) is 13.2 Å². The maximum Gasteiger partial charge on any atom is 0.239 e. The first-order valence-corrected chi connectivity index (χ1v) is 7.14. The zero-order valence-corrected chi connectivity index (χ0v) is 13.7. The van der Waals surface area contributed by atoms with Crippen molar-refractivity contribution < 1.29 is 9.53 Å². The Balaban J connectivity index is 0.00000180. The second-order valence-electron chi connectivity index (χ2n) is 5.10. The van der Waals surface area contributed by atoms with Crippen molar-refractivity contribution in [3.63, 3.8) is 0 Å². The lowest BCUT2D eigenvalue weighted by atomic mass is 10.0. The summed E-state index contributed by atoms with van der Waals surface area (Å²) in [5.74, 6) is 0.0799. The molecule has 0 radical (unpaired) electrons. The Bertz CT molecular complexity index is 276. The van der Waals surface area contributed by atoms with Gasteiger partial charge in [-0.3, -0.25) is 9.69 Å². The molecule has 7 heteroatoms. The number of piperidine rings is 1. The first-order chi connectivity index (χ1) is 8.81. The quantitative estimate of drug-likeness (QED) is 0.802. The van der Waals surface area contributed by atoms with Crippen molar-refractivity contribution in [2.75, 3.05) is 39.4 Å². The molecule has 2 aliphatic rings. The van der Waals surface area contributed by atoms with Gasteiger partial charge in [0.15, 0.2) is 0 Å². The fraction of sp³-hybridized carbons (Fsp3) is 0.923. The van der Waals surface area contributed by atoms with E-state index >= 15 is 0 Å². The molecule has 20 heavy (non-hydrogen) atoms. The van der Waals surface area contributed by atoms with Crippen LogP contribution in [0.25, 0.3) is 0 Å². The van der Waals surface area contributed by atoms with Crippen LogP contribution in [0.5, 0.6) is 0 Å². The van der Waals surface area contributed by atoms with E-state index in [4.69, 9.17) is 4.74 Å². The van der Waals surface area contributed by atoms with Crippen LogP contribution in [0.3, 0.4) is 0 Å². The maximum atomic E-state index is 12.0. The highest BCUT2D eigenvalue weighted by atomic mass is 35.5. The number of halogens is 2. The predicted octanol–water partition coefficient (Wildman–Crippen LogP) is 0.809. The Kier molecular flexibility index (Phi) is 10.6. The Labute approximate surface area is 134 Å². The Hall–Kier alpha value is -0.0700. The molecule has 2 N–H and O–H groups in total. The number of rotatable bonds is 4. The van der Waals surface area contributed by atoms with Crippen LogP contribution in [-0.4, -0.2) is 62.3 Å². The Morgan fingerprint density at radius 3 is 2.85 bits per heavy atom. The standard InChI is InChI=1S/C13H25N3O2.2ClH/c1-2-16-7-4-3-5-11(16)9-15-13(17)12-10-18-8-6-14-12;;/h11-12,14H,2-10H2,1H3,(H,15,17);2*1H. The number of hydrogen-bond donors (Lipinski definition) is 2. The highest BCUT2D eigenvalue weighted by Gasteiger charge is 2.24. The van der Waals surface area contributed by atoms with Crippen molar-refractivity contribution in [2.45, 2.75) is 38.3 Å². The van der Waals surface area contributed by atoms with Crippen LogP contribution >= 0.6 is 24.8 Å². The minimum Gasteiger partial charge on any atom is -0.378 e. The minimum absolute atomic E-state index is 0. The first-order valence-electron chi connectivity index (χ1n) is 7.14. The molecule has 0 saturated carbocycles. The van der Waals surface area contributed by atoms with E-state index in [9.17, 15) is 4.79 Å². The van der Waals surface area contributed by atoms with Crippen LogP contribution in [0.1, 0.15) is 26.2 Å². The molecule has 5 nitrogen and oxygen atoms in total. The van der Waals surface area contributed by atoms with Gasteiger partial charge in [0.25, 0.3) is 0 Å². The van der Waals surface area contributed by atoms with Gasteiger partial charge < -0.3 is 15.4 Å². The number of carbonyl (C=O) groups excluding carboxylic acids is 1. The first kappa shape index (κ1) is 19.9. The lowest BCUT2D eigenvalue weighted by Gasteiger charge is -2.35. The molecular weight excluding hydrogens is 301 g/mol. The SMILES string of the molecule is CCN1CCCCC1CNC(=O)C1COCCN1.Cl.Cl. The third-order valence-electron chi connectivity index (χ3n) is 3.91. The van der Waals surface area contributed by atoms with E-state index < -0.39 is 0 Å². The number of likely N-dealkylation sites (N-methyl/N-ethyl adjacent to an activating group) is 1. The monoisotopic (exact) mass is 327 g/mol. The summed E-state index contributed by atoms with van der Waals surface area (Å²) in [4.78, 5) is 14.4. The molecule has 0 spiro atoms. The summed E-state index contributed by atoms with van der Waals surface area (Å²) in [5, 5.41) is 6.24. The van der Waals surface area contributed by atoms with E-state index in [1.807, 2.05) is 0 Å². The second kappa shape index (κ2) is 10.6. The molecule has 0 bridgehead atoms. The molecule has 2 fully saturated rings. The molecule has 0 aromatic rings. The van der Waals surface area contributed by atoms with Gasteiger partial charge in [-0.1, -0.05) is 13.3 Å². The molecule has 2 aliphatic heterocycles. The van der Waals surface area contributed by atoms with Gasteiger partial charge in [-0.25, -0.2) is 0 Å². The highest BCUT2D eigenvalue weighted by Crippen LogP contribution is 2.15. The molecule has 0 aliphatic carbocycles. The topological polar surface area (TPSA) is 53.6 Å². The van der Waals surface area contributed by atoms with Crippen molar-refractivity contribution in [3.8, 4) is 0 Å². The molecule has 120 valence electrons. The maximum absolute atomic E-state index is 12.0. The molecule has 2 unspecified atom stereocenters. The van der Waals surface area contributed by atoms with Crippen molar-refractivity contribution in [1.29, 1.82) is 0 Å². The molecule has 0 aromatic heterocycles. The van der Waals surface area contributed by atoms with Gasteiger partial charge in [-0.15, -0.1) is 24.8 Å². The van der Waals surface area contributed by atoms with Crippen LogP contribution in [0.15, 0.2) is 0 Å². The summed E-state index contributed by atoms with van der Waals surface area (Å²) < 4.78 is 5.30. The Morgan fingerprint density at radius 1 is 1.40 bits per heavy atom. The third-order valence-corrected chi connectivity index (χ3v) is 3.91.